The van der Waals surface area contributed by atoms with E-state index in [9.17, 15) is 9.00 Å². The van der Waals surface area contributed by atoms with Crippen molar-refractivity contribution < 1.29 is 18.5 Å². The average molecular weight is 601 g/mol. The second kappa shape index (κ2) is 9.94. The van der Waals surface area contributed by atoms with E-state index in [2.05, 4.69) is 5.10 Å². The quantitative estimate of drug-likeness (QED) is 0.323. The Labute approximate surface area is 244 Å². The van der Waals surface area contributed by atoms with Crippen LogP contribution in [0.2, 0.25) is 10.0 Å². The van der Waals surface area contributed by atoms with Gasteiger partial charge < -0.3 is 14.4 Å². The SMILES string of the molecule is COc1cc2c(cc1-c1ccn(C)n1)-c1c(c(C(=O)N3CCS(=O)CC3(C)C)nn1-c1cc(Cl)cc(Cl)c1)CO2. The van der Waals surface area contributed by atoms with Crippen molar-refractivity contribution in [3.63, 3.8) is 0 Å². The largest absolute Gasteiger partial charge is 0.496 e. The van der Waals surface area contributed by atoms with Crippen LogP contribution in [0, 0.1) is 0 Å². The van der Waals surface area contributed by atoms with Gasteiger partial charge in [0.25, 0.3) is 5.91 Å². The molecule has 208 valence electrons. The van der Waals surface area contributed by atoms with Crippen LogP contribution in [0.25, 0.3) is 28.2 Å². The lowest BCUT2D eigenvalue weighted by Gasteiger charge is -2.41. The van der Waals surface area contributed by atoms with Crippen LogP contribution in [0.4, 0.5) is 0 Å². The van der Waals surface area contributed by atoms with Gasteiger partial charge in [0.1, 0.15) is 18.1 Å². The smallest absolute Gasteiger partial charge is 0.275 e. The number of fused-ring (bicyclic) bond motifs is 3. The number of benzene rings is 2. The van der Waals surface area contributed by atoms with Crippen LogP contribution in [0.1, 0.15) is 29.9 Å². The topological polar surface area (TPSA) is 91.5 Å². The summed E-state index contributed by atoms with van der Waals surface area (Å²) < 4.78 is 27.6. The van der Waals surface area contributed by atoms with Gasteiger partial charge in [-0.1, -0.05) is 23.2 Å². The predicted octanol–water partition coefficient (Wildman–Crippen LogP) is 5.13. The van der Waals surface area contributed by atoms with Crippen LogP contribution >= 0.6 is 23.2 Å². The molecular weight excluding hydrogens is 573 g/mol. The highest BCUT2D eigenvalue weighted by atomic mass is 35.5. The average Bonchev–Trinajstić information content (AvgIpc) is 3.50. The van der Waals surface area contributed by atoms with E-state index in [1.54, 1.807) is 39.6 Å². The summed E-state index contributed by atoms with van der Waals surface area (Å²) in [6, 6.07) is 10.8. The molecular formula is C28H27Cl2N5O4S. The third-order valence-corrected chi connectivity index (χ3v) is 9.33. The van der Waals surface area contributed by atoms with Gasteiger partial charge >= 0.3 is 0 Å². The first-order chi connectivity index (χ1) is 19.1. The van der Waals surface area contributed by atoms with E-state index in [0.29, 0.717) is 56.5 Å². The number of aryl methyl sites for hydroxylation is 1. The number of ether oxygens (including phenoxy) is 2. The van der Waals surface area contributed by atoms with Gasteiger partial charge in [0.2, 0.25) is 0 Å². The summed E-state index contributed by atoms with van der Waals surface area (Å²) in [7, 11) is 2.47. The summed E-state index contributed by atoms with van der Waals surface area (Å²) >= 11 is 12.8. The predicted molar refractivity (Wildman–Crippen MR) is 155 cm³/mol. The summed E-state index contributed by atoms with van der Waals surface area (Å²) in [5.41, 5.74) is 3.85. The molecule has 40 heavy (non-hydrogen) atoms. The van der Waals surface area contributed by atoms with E-state index >= 15 is 0 Å². The van der Waals surface area contributed by atoms with Crippen molar-refractivity contribution in [2.24, 2.45) is 7.05 Å². The van der Waals surface area contributed by atoms with E-state index in [1.165, 1.54) is 0 Å². The van der Waals surface area contributed by atoms with E-state index in [4.69, 9.17) is 37.8 Å². The zero-order chi connectivity index (χ0) is 28.3. The lowest BCUT2D eigenvalue weighted by Crippen LogP contribution is -2.56. The molecule has 0 bridgehead atoms. The van der Waals surface area contributed by atoms with E-state index < -0.39 is 16.3 Å². The molecule has 4 aromatic rings. The Bertz CT molecular complexity index is 1680. The molecule has 9 nitrogen and oxygen atoms in total. The fourth-order valence-electron chi connectivity index (χ4n) is 5.37. The molecule has 1 fully saturated rings. The number of nitrogens with zero attached hydrogens (tertiary/aromatic N) is 5. The maximum atomic E-state index is 14.1. The van der Waals surface area contributed by atoms with Crippen LogP contribution in [-0.2, 0) is 24.5 Å². The summed E-state index contributed by atoms with van der Waals surface area (Å²) in [6.45, 7) is 4.37. The molecule has 12 heteroatoms. The van der Waals surface area contributed by atoms with Crippen molar-refractivity contribution in [1.29, 1.82) is 0 Å². The second-order valence-electron chi connectivity index (χ2n) is 10.5. The minimum absolute atomic E-state index is 0.129. The second-order valence-corrected chi connectivity index (χ2v) is 12.9. The highest BCUT2D eigenvalue weighted by Crippen LogP contribution is 2.46. The number of aromatic nitrogens is 4. The minimum Gasteiger partial charge on any atom is -0.496 e. The fraction of sp³-hybridized carbons (Fsp3) is 0.321. The number of rotatable bonds is 4. The number of carbonyl (C=O) groups excluding carboxylic acids is 1. The first kappa shape index (κ1) is 26.9. The van der Waals surface area contributed by atoms with Crippen LogP contribution in [0.5, 0.6) is 11.5 Å². The molecule has 0 spiro atoms. The lowest BCUT2D eigenvalue weighted by atomic mass is 9.97. The van der Waals surface area contributed by atoms with Gasteiger partial charge in [0.15, 0.2) is 5.69 Å². The standard InChI is InChI=1S/C28H27Cl2N5O4S/c1-28(2)15-40(37)8-7-34(28)27(36)25-21-14-39-24-13-23(38-4)19(22-5-6-33(3)31-22)12-20(24)26(21)35(32-25)18-10-16(29)9-17(30)11-18/h5-6,9-13H,7-8,14-15H2,1-4H3. The maximum absolute atomic E-state index is 14.1. The lowest BCUT2D eigenvalue weighted by molar-refractivity contribution is 0.0585. The molecule has 0 radical (unpaired) electrons. The number of halogens is 2. The van der Waals surface area contributed by atoms with E-state index in [-0.39, 0.29) is 18.2 Å². The van der Waals surface area contributed by atoms with Crippen LogP contribution in [0.15, 0.2) is 42.6 Å². The first-order valence-corrected chi connectivity index (χ1v) is 14.9. The molecule has 0 N–H and O–H groups in total. The number of amides is 1. The Morgan fingerprint density at radius 3 is 2.50 bits per heavy atom. The zero-order valence-electron chi connectivity index (χ0n) is 22.4. The summed E-state index contributed by atoms with van der Waals surface area (Å²) in [4.78, 5) is 15.8. The van der Waals surface area contributed by atoms with Crippen molar-refractivity contribution in [3.8, 4) is 39.7 Å². The highest BCUT2D eigenvalue weighted by Gasteiger charge is 2.40. The Hall–Kier alpha value is -3.34. The van der Waals surface area contributed by atoms with Crippen molar-refractivity contribution >= 4 is 39.9 Å². The van der Waals surface area contributed by atoms with Crippen LogP contribution in [-0.4, -0.2) is 65.3 Å². The number of carbonyl (C=O) groups is 1. The molecule has 2 aliphatic heterocycles. The van der Waals surface area contributed by atoms with Gasteiger partial charge in [-0.3, -0.25) is 13.7 Å². The molecule has 1 saturated heterocycles. The van der Waals surface area contributed by atoms with Gasteiger partial charge in [0.05, 0.1) is 24.2 Å². The van der Waals surface area contributed by atoms with Gasteiger partial charge in [-0.05, 0) is 44.2 Å². The van der Waals surface area contributed by atoms with Crippen molar-refractivity contribution in [3.05, 3.63) is 63.9 Å². The van der Waals surface area contributed by atoms with E-state index in [1.807, 2.05) is 45.3 Å². The van der Waals surface area contributed by atoms with Crippen LogP contribution in [0.3, 0.4) is 0 Å². The normalized spacial score (nSPS) is 17.6. The molecule has 2 aromatic carbocycles. The number of hydrogen-bond donors (Lipinski definition) is 0. The van der Waals surface area contributed by atoms with Crippen molar-refractivity contribution in [2.75, 3.05) is 25.2 Å². The number of hydrogen-bond acceptors (Lipinski definition) is 6. The summed E-state index contributed by atoms with van der Waals surface area (Å²) in [5, 5.41) is 10.3. The Kier molecular flexibility index (Phi) is 6.67. The Morgan fingerprint density at radius 2 is 1.85 bits per heavy atom. The summed E-state index contributed by atoms with van der Waals surface area (Å²) in [6.07, 6.45) is 1.86. The molecule has 6 rings (SSSR count). The molecule has 0 aliphatic carbocycles. The minimum atomic E-state index is -0.980. The van der Waals surface area contributed by atoms with Crippen LogP contribution < -0.4 is 9.47 Å². The number of methoxy groups -OCH3 is 1. The molecule has 0 saturated carbocycles. The first-order valence-electron chi connectivity index (χ1n) is 12.7. The Morgan fingerprint density at radius 1 is 1.10 bits per heavy atom. The van der Waals surface area contributed by atoms with Gasteiger partial charge in [-0.15, -0.1) is 0 Å². The summed E-state index contributed by atoms with van der Waals surface area (Å²) in [5.74, 6) is 1.78. The van der Waals surface area contributed by atoms with Crippen molar-refractivity contribution in [1.82, 2.24) is 24.5 Å². The van der Waals surface area contributed by atoms with E-state index in [0.717, 1.165) is 16.8 Å². The molecule has 1 unspecified atom stereocenters. The third kappa shape index (κ3) is 4.57. The molecule has 4 heterocycles. The van der Waals surface area contributed by atoms with Gasteiger partial charge in [0, 0.05) is 80.4 Å². The maximum Gasteiger partial charge on any atom is 0.275 e. The molecule has 1 atom stereocenters. The van der Waals surface area contributed by atoms with Gasteiger partial charge in [-0.2, -0.15) is 10.2 Å². The highest BCUT2D eigenvalue weighted by molar-refractivity contribution is 7.85. The molecule has 2 aliphatic rings. The Balaban J connectivity index is 1.58. The monoisotopic (exact) mass is 599 g/mol. The van der Waals surface area contributed by atoms with Crippen molar-refractivity contribution in [2.45, 2.75) is 26.0 Å². The fourth-order valence-corrected chi connectivity index (χ4v) is 7.36. The van der Waals surface area contributed by atoms with Gasteiger partial charge in [-0.25, -0.2) is 4.68 Å². The molecule has 2 aromatic heterocycles. The third-order valence-electron chi connectivity index (χ3n) is 7.23. The molecule has 1 amide bonds. The zero-order valence-corrected chi connectivity index (χ0v) is 24.7.